The van der Waals surface area contributed by atoms with Gasteiger partial charge in [-0.1, -0.05) is 54.6 Å². The van der Waals surface area contributed by atoms with E-state index in [2.05, 4.69) is 65.4 Å². The van der Waals surface area contributed by atoms with Crippen molar-refractivity contribution < 1.29 is 0 Å². The highest BCUT2D eigenvalue weighted by Crippen LogP contribution is 2.03. The topological polar surface area (TPSA) is 0 Å². The van der Waals surface area contributed by atoms with Gasteiger partial charge in [0, 0.05) is 9.00 Å². The van der Waals surface area contributed by atoms with Crippen LogP contribution in [0.3, 0.4) is 0 Å². The molecule has 0 fully saturated rings. The van der Waals surface area contributed by atoms with Crippen molar-refractivity contribution >= 4 is 45.7 Å². The first-order chi connectivity index (χ1) is 8.45. The van der Waals surface area contributed by atoms with Gasteiger partial charge >= 0.3 is 0 Å². The summed E-state index contributed by atoms with van der Waals surface area (Å²) >= 11 is 3.75. The molecule has 0 bridgehead atoms. The van der Waals surface area contributed by atoms with Crippen LogP contribution in [0.1, 0.15) is 0 Å². The molecule has 0 nitrogen and oxygen atoms in total. The van der Waals surface area contributed by atoms with Crippen molar-refractivity contribution in [1.82, 2.24) is 0 Å². The molecular weight excluding hydrogens is 260 g/mol. The Morgan fingerprint density at radius 2 is 1.24 bits per heavy atom. The second-order valence-corrected chi connectivity index (χ2v) is 8.72. The quantitative estimate of drug-likeness (QED) is 0.641. The number of benzene rings is 1. The Balaban J connectivity index is 2.10. The summed E-state index contributed by atoms with van der Waals surface area (Å²) in [4.78, 5) is 0. The van der Waals surface area contributed by atoms with Crippen molar-refractivity contribution in [1.29, 1.82) is 0 Å². The second-order valence-electron chi connectivity index (χ2n) is 3.70. The van der Waals surface area contributed by atoms with Crippen LogP contribution in [0.25, 0.3) is 0 Å². The van der Waals surface area contributed by atoms with Gasteiger partial charge in [0.25, 0.3) is 0 Å². The molecule has 2 aromatic heterocycles. The van der Waals surface area contributed by atoms with E-state index in [1.807, 2.05) is 22.7 Å². The van der Waals surface area contributed by atoms with E-state index in [4.69, 9.17) is 0 Å². The van der Waals surface area contributed by atoms with E-state index in [1.165, 1.54) is 14.2 Å². The minimum atomic E-state index is -0.754. The van der Waals surface area contributed by atoms with Gasteiger partial charge in [0.05, 0.1) is 0 Å². The van der Waals surface area contributed by atoms with E-state index < -0.39 is 8.80 Å². The predicted molar refractivity (Wildman–Crippen MR) is 79.7 cm³/mol. The zero-order chi connectivity index (χ0) is 11.5. The summed E-state index contributed by atoms with van der Waals surface area (Å²) in [5, 5.41) is 5.83. The molecule has 0 aliphatic rings. The highest BCUT2D eigenvalue weighted by Gasteiger charge is 2.21. The highest BCUT2D eigenvalue weighted by molar-refractivity contribution is 7.33. The Labute approximate surface area is 111 Å². The summed E-state index contributed by atoms with van der Waals surface area (Å²) in [5.74, 6) is 0. The van der Waals surface area contributed by atoms with Crippen molar-refractivity contribution in [2.24, 2.45) is 0 Å². The van der Waals surface area contributed by atoms with E-state index in [0.717, 1.165) is 0 Å². The molecule has 83 valence electrons. The number of hydrogen-bond donors (Lipinski definition) is 0. The standard InChI is InChI=1S/C14H11S2Si/c1-2-6-12(7-3-1)17(13-8-4-10-15-13)14-9-5-11-16-14/h1-11H. The zero-order valence-electron chi connectivity index (χ0n) is 9.17. The molecule has 3 aromatic rings. The molecular formula is C14H11S2Si. The first-order valence-corrected chi connectivity index (χ1v) is 8.71. The second kappa shape index (κ2) is 5.00. The summed E-state index contributed by atoms with van der Waals surface area (Å²) in [6, 6.07) is 19.7. The van der Waals surface area contributed by atoms with Crippen LogP contribution >= 0.6 is 22.7 Å². The number of rotatable bonds is 3. The minimum Gasteiger partial charge on any atom is -0.153 e. The number of thiophene rings is 2. The number of hydrogen-bond acceptors (Lipinski definition) is 2. The summed E-state index contributed by atoms with van der Waals surface area (Å²) in [7, 11) is -0.754. The van der Waals surface area contributed by atoms with Crippen LogP contribution < -0.4 is 14.2 Å². The van der Waals surface area contributed by atoms with Gasteiger partial charge in [-0.3, -0.25) is 0 Å². The lowest BCUT2D eigenvalue weighted by Gasteiger charge is -2.11. The largest absolute Gasteiger partial charge is 0.181 e. The molecule has 0 saturated heterocycles. The maximum atomic E-state index is 2.27. The fraction of sp³-hybridized carbons (Fsp3) is 0. The molecule has 0 aliphatic carbocycles. The first kappa shape index (κ1) is 11.0. The molecule has 3 heteroatoms. The molecule has 0 spiro atoms. The average molecular weight is 271 g/mol. The van der Waals surface area contributed by atoms with E-state index >= 15 is 0 Å². The Kier molecular flexibility index (Phi) is 3.22. The SMILES string of the molecule is c1ccc([Si](c2cccs2)c2cccs2)cc1. The summed E-state index contributed by atoms with van der Waals surface area (Å²) in [6.07, 6.45) is 0. The molecule has 2 heterocycles. The molecule has 0 aliphatic heterocycles. The Bertz CT molecular complexity index is 521. The normalized spacial score (nSPS) is 10.9. The van der Waals surface area contributed by atoms with Gasteiger partial charge in [0.1, 0.15) is 0 Å². The van der Waals surface area contributed by atoms with Crippen molar-refractivity contribution in [3.63, 3.8) is 0 Å². The van der Waals surface area contributed by atoms with Gasteiger partial charge in [0.15, 0.2) is 8.80 Å². The van der Waals surface area contributed by atoms with Crippen LogP contribution in [0, 0.1) is 0 Å². The smallest absolute Gasteiger partial charge is 0.153 e. The van der Waals surface area contributed by atoms with E-state index in [-0.39, 0.29) is 0 Å². The third-order valence-electron chi connectivity index (χ3n) is 2.60. The van der Waals surface area contributed by atoms with Crippen LogP contribution in [-0.4, -0.2) is 8.80 Å². The predicted octanol–water partition coefficient (Wildman–Crippen LogP) is 2.33. The Morgan fingerprint density at radius 3 is 1.71 bits per heavy atom. The van der Waals surface area contributed by atoms with E-state index in [9.17, 15) is 0 Å². The molecule has 0 N–H and O–H groups in total. The lowest BCUT2D eigenvalue weighted by Crippen LogP contribution is -2.49. The van der Waals surface area contributed by atoms with Gasteiger partial charge in [-0.2, -0.15) is 22.7 Å². The van der Waals surface area contributed by atoms with E-state index in [0.29, 0.717) is 0 Å². The summed E-state index contributed by atoms with van der Waals surface area (Å²) in [5.41, 5.74) is 0. The van der Waals surface area contributed by atoms with Crippen molar-refractivity contribution in [3.8, 4) is 0 Å². The molecule has 0 saturated carbocycles. The van der Waals surface area contributed by atoms with Gasteiger partial charge in [-0.15, -0.1) is 0 Å². The van der Waals surface area contributed by atoms with Crippen LogP contribution in [0.2, 0.25) is 0 Å². The molecule has 1 aromatic carbocycles. The molecule has 1 radical (unpaired) electrons. The molecule has 17 heavy (non-hydrogen) atoms. The van der Waals surface area contributed by atoms with Crippen molar-refractivity contribution in [2.45, 2.75) is 0 Å². The average Bonchev–Trinajstić information content (AvgIpc) is 3.04. The lowest BCUT2D eigenvalue weighted by atomic mass is 10.4. The monoisotopic (exact) mass is 271 g/mol. The molecule has 3 rings (SSSR count). The van der Waals surface area contributed by atoms with Gasteiger partial charge < -0.3 is 0 Å². The Morgan fingerprint density at radius 1 is 0.647 bits per heavy atom. The fourth-order valence-corrected chi connectivity index (χ4v) is 7.55. The van der Waals surface area contributed by atoms with Crippen molar-refractivity contribution in [2.75, 3.05) is 0 Å². The summed E-state index contributed by atoms with van der Waals surface area (Å²) in [6.45, 7) is 0. The van der Waals surface area contributed by atoms with Crippen LogP contribution in [0.4, 0.5) is 0 Å². The van der Waals surface area contributed by atoms with Crippen molar-refractivity contribution in [3.05, 3.63) is 65.4 Å². The van der Waals surface area contributed by atoms with Gasteiger partial charge in [0.2, 0.25) is 0 Å². The fourth-order valence-electron chi connectivity index (χ4n) is 1.85. The van der Waals surface area contributed by atoms with Gasteiger partial charge in [-0.25, -0.2) is 0 Å². The molecule has 0 unspecified atom stereocenters. The highest BCUT2D eigenvalue weighted by atomic mass is 32.1. The minimum absolute atomic E-state index is 0.754. The van der Waals surface area contributed by atoms with E-state index in [1.54, 1.807) is 0 Å². The van der Waals surface area contributed by atoms with Gasteiger partial charge in [-0.05, 0) is 15.9 Å². The Hall–Kier alpha value is -1.16. The summed E-state index contributed by atoms with van der Waals surface area (Å²) < 4.78 is 3.03. The van der Waals surface area contributed by atoms with Crippen LogP contribution in [0.15, 0.2) is 65.4 Å². The lowest BCUT2D eigenvalue weighted by molar-refractivity contribution is 1.76. The first-order valence-electron chi connectivity index (χ1n) is 5.45. The van der Waals surface area contributed by atoms with Crippen LogP contribution in [-0.2, 0) is 0 Å². The zero-order valence-corrected chi connectivity index (χ0v) is 11.8. The third kappa shape index (κ3) is 2.27. The maximum absolute atomic E-state index is 2.27. The maximum Gasteiger partial charge on any atom is 0.181 e. The molecule has 0 amide bonds. The van der Waals surface area contributed by atoms with Crippen LogP contribution in [0.5, 0.6) is 0 Å². The third-order valence-corrected chi connectivity index (χ3v) is 8.13. The molecule has 0 atom stereocenters.